The predicted molar refractivity (Wildman–Crippen MR) is 70.1 cm³/mol. The molecule has 5 heteroatoms. The smallest absolute Gasteiger partial charge is 0.311 e. The third kappa shape index (κ3) is 2.80. The van der Waals surface area contributed by atoms with Crippen LogP contribution in [0.25, 0.3) is 0 Å². The molecular weight excluding hydrogens is 249 g/mol. The standard InChI is InChI=1S/C14H18FNO3/c1-3-19-12-5-4-10(8-11(12)15)16(2)9-14(6-7-14)13(17)18/h4-5,8H,3,6-7,9H2,1-2H3,(H,17,18). The third-order valence-electron chi connectivity index (χ3n) is 3.50. The van der Waals surface area contributed by atoms with Crippen molar-refractivity contribution in [3.63, 3.8) is 0 Å². The van der Waals surface area contributed by atoms with Crippen LogP contribution in [0.2, 0.25) is 0 Å². The Morgan fingerprint density at radius 1 is 1.53 bits per heavy atom. The first-order valence-electron chi connectivity index (χ1n) is 6.35. The number of benzene rings is 1. The van der Waals surface area contributed by atoms with Gasteiger partial charge in [0.1, 0.15) is 0 Å². The van der Waals surface area contributed by atoms with Gasteiger partial charge in [-0.15, -0.1) is 0 Å². The fourth-order valence-corrected chi connectivity index (χ4v) is 2.14. The van der Waals surface area contributed by atoms with Gasteiger partial charge in [-0.1, -0.05) is 0 Å². The minimum absolute atomic E-state index is 0.221. The van der Waals surface area contributed by atoms with Crippen LogP contribution in [0.15, 0.2) is 18.2 Å². The Hall–Kier alpha value is -1.78. The lowest BCUT2D eigenvalue weighted by Gasteiger charge is -2.23. The number of carboxylic acids is 1. The van der Waals surface area contributed by atoms with Crippen molar-refractivity contribution in [3.05, 3.63) is 24.0 Å². The fourth-order valence-electron chi connectivity index (χ4n) is 2.14. The van der Waals surface area contributed by atoms with Crippen LogP contribution < -0.4 is 9.64 Å². The van der Waals surface area contributed by atoms with Gasteiger partial charge in [0.25, 0.3) is 0 Å². The molecule has 0 atom stereocenters. The third-order valence-corrected chi connectivity index (χ3v) is 3.50. The molecular formula is C14H18FNO3. The number of aliphatic carboxylic acids is 1. The van der Waals surface area contributed by atoms with E-state index in [1.807, 2.05) is 0 Å². The van der Waals surface area contributed by atoms with E-state index in [4.69, 9.17) is 9.84 Å². The normalized spacial score (nSPS) is 15.9. The molecule has 1 saturated carbocycles. The summed E-state index contributed by atoms with van der Waals surface area (Å²) in [5.74, 6) is -0.976. The van der Waals surface area contributed by atoms with Gasteiger partial charge in [0.05, 0.1) is 12.0 Å². The molecule has 4 nitrogen and oxygen atoms in total. The molecule has 0 spiro atoms. The summed E-state index contributed by atoms with van der Waals surface area (Å²) in [7, 11) is 1.78. The topological polar surface area (TPSA) is 49.8 Å². The van der Waals surface area contributed by atoms with E-state index in [-0.39, 0.29) is 5.75 Å². The second-order valence-corrected chi connectivity index (χ2v) is 4.99. The number of anilines is 1. The minimum Gasteiger partial charge on any atom is -0.491 e. The number of ether oxygens (including phenoxy) is 1. The van der Waals surface area contributed by atoms with Gasteiger partial charge < -0.3 is 14.7 Å². The second kappa shape index (κ2) is 5.07. The Morgan fingerprint density at radius 2 is 2.21 bits per heavy atom. The number of hydrogen-bond donors (Lipinski definition) is 1. The maximum absolute atomic E-state index is 13.7. The summed E-state index contributed by atoms with van der Waals surface area (Å²) >= 11 is 0. The average Bonchev–Trinajstić information content (AvgIpc) is 3.13. The molecule has 0 aromatic heterocycles. The minimum atomic E-state index is -0.772. The van der Waals surface area contributed by atoms with Crippen LogP contribution >= 0.6 is 0 Å². The molecule has 1 aromatic rings. The van der Waals surface area contributed by atoms with Gasteiger partial charge in [-0.3, -0.25) is 4.79 Å². The molecule has 1 aromatic carbocycles. The predicted octanol–water partition coefficient (Wildman–Crippen LogP) is 2.53. The van der Waals surface area contributed by atoms with Crippen molar-refractivity contribution < 1.29 is 19.0 Å². The molecule has 0 unspecified atom stereocenters. The van der Waals surface area contributed by atoms with Crippen molar-refractivity contribution in [1.82, 2.24) is 0 Å². The highest BCUT2D eigenvalue weighted by atomic mass is 19.1. The lowest BCUT2D eigenvalue weighted by Crippen LogP contribution is -2.31. The van der Waals surface area contributed by atoms with E-state index in [0.717, 1.165) is 0 Å². The Balaban J connectivity index is 2.09. The number of halogens is 1. The number of carboxylic acid groups (broad SMARTS) is 1. The van der Waals surface area contributed by atoms with Crippen molar-refractivity contribution >= 4 is 11.7 Å². The number of hydrogen-bond acceptors (Lipinski definition) is 3. The molecule has 104 valence electrons. The second-order valence-electron chi connectivity index (χ2n) is 4.99. The van der Waals surface area contributed by atoms with E-state index in [0.29, 0.717) is 31.7 Å². The highest BCUT2D eigenvalue weighted by Gasteiger charge is 2.50. The lowest BCUT2D eigenvalue weighted by molar-refractivity contribution is -0.142. The quantitative estimate of drug-likeness (QED) is 0.860. The van der Waals surface area contributed by atoms with E-state index < -0.39 is 17.2 Å². The van der Waals surface area contributed by atoms with E-state index in [9.17, 15) is 9.18 Å². The zero-order chi connectivity index (χ0) is 14.0. The lowest BCUT2D eigenvalue weighted by atomic mass is 10.1. The highest BCUT2D eigenvalue weighted by molar-refractivity contribution is 5.78. The summed E-state index contributed by atoms with van der Waals surface area (Å²) in [4.78, 5) is 12.9. The van der Waals surface area contributed by atoms with Crippen molar-refractivity contribution in [2.24, 2.45) is 5.41 Å². The molecule has 0 heterocycles. The molecule has 0 bridgehead atoms. The summed E-state index contributed by atoms with van der Waals surface area (Å²) in [6, 6.07) is 4.69. The van der Waals surface area contributed by atoms with Crippen molar-refractivity contribution in [1.29, 1.82) is 0 Å². The number of nitrogens with zero attached hydrogens (tertiary/aromatic N) is 1. The summed E-state index contributed by atoms with van der Waals surface area (Å²) in [6.45, 7) is 2.60. The summed E-state index contributed by atoms with van der Waals surface area (Å²) in [5.41, 5.74) is 0.0116. The van der Waals surface area contributed by atoms with Crippen LogP contribution in [0.3, 0.4) is 0 Å². The fraction of sp³-hybridized carbons (Fsp3) is 0.500. The van der Waals surface area contributed by atoms with Crippen LogP contribution in [0, 0.1) is 11.2 Å². The van der Waals surface area contributed by atoms with Crippen LogP contribution in [0.1, 0.15) is 19.8 Å². The molecule has 1 fully saturated rings. The Labute approximate surface area is 111 Å². The Kier molecular flexibility index (Phi) is 3.64. The largest absolute Gasteiger partial charge is 0.491 e. The molecule has 2 rings (SSSR count). The Morgan fingerprint density at radius 3 is 2.68 bits per heavy atom. The number of rotatable bonds is 6. The summed E-state index contributed by atoms with van der Waals surface area (Å²) in [5, 5.41) is 9.15. The van der Waals surface area contributed by atoms with E-state index in [2.05, 4.69) is 0 Å². The molecule has 0 aliphatic heterocycles. The van der Waals surface area contributed by atoms with E-state index in [1.54, 1.807) is 31.0 Å². The molecule has 1 N–H and O–H groups in total. The van der Waals surface area contributed by atoms with Gasteiger partial charge in [0, 0.05) is 25.3 Å². The van der Waals surface area contributed by atoms with Crippen LogP contribution in [0.4, 0.5) is 10.1 Å². The van der Waals surface area contributed by atoms with Gasteiger partial charge in [0.2, 0.25) is 0 Å². The zero-order valence-electron chi connectivity index (χ0n) is 11.1. The molecule has 19 heavy (non-hydrogen) atoms. The number of carbonyl (C=O) groups is 1. The molecule has 1 aliphatic rings. The highest BCUT2D eigenvalue weighted by Crippen LogP contribution is 2.46. The average molecular weight is 267 g/mol. The van der Waals surface area contributed by atoms with Crippen molar-refractivity contribution in [3.8, 4) is 5.75 Å². The zero-order valence-corrected chi connectivity index (χ0v) is 11.1. The SMILES string of the molecule is CCOc1ccc(N(C)CC2(C(=O)O)CC2)cc1F. The van der Waals surface area contributed by atoms with Crippen LogP contribution in [-0.2, 0) is 4.79 Å². The van der Waals surface area contributed by atoms with E-state index in [1.165, 1.54) is 6.07 Å². The van der Waals surface area contributed by atoms with Crippen LogP contribution in [0.5, 0.6) is 5.75 Å². The van der Waals surface area contributed by atoms with Crippen molar-refractivity contribution in [2.45, 2.75) is 19.8 Å². The van der Waals surface area contributed by atoms with E-state index >= 15 is 0 Å². The first kappa shape index (κ1) is 13.6. The summed E-state index contributed by atoms with van der Waals surface area (Å²) < 4.78 is 18.9. The van der Waals surface area contributed by atoms with Gasteiger partial charge in [-0.05, 0) is 31.9 Å². The van der Waals surface area contributed by atoms with Gasteiger partial charge in [-0.2, -0.15) is 0 Å². The first-order valence-corrected chi connectivity index (χ1v) is 6.35. The van der Waals surface area contributed by atoms with Gasteiger partial charge in [0.15, 0.2) is 11.6 Å². The van der Waals surface area contributed by atoms with Crippen LogP contribution in [-0.4, -0.2) is 31.3 Å². The maximum Gasteiger partial charge on any atom is 0.311 e. The van der Waals surface area contributed by atoms with Crippen molar-refractivity contribution in [2.75, 3.05) is 25.1 Å². The Bertz CT molecular complexity index is 486. The van der Waals surface area contributed by atoms with Gasteiger partial charge in [-0.25, -0.2) is 4.39 Å². The maximum atomic E-state index is 13.7. The summed E-state index contributed by atoms with van der Waals surface area (Å²) in [6.07, 6.45) is 1.37. The molecule has 0 saturated heterocycles. The molecule has 1 aliphatic carbocycles. The first-order chi connectivity index (χ1) is 8.98. The monoisotopic (exact) mass is 267 g/mol. The van der Waals surface area contributed by atoms with Gasteiger partial charge >= 0.3 is 5.97 Å². The molecule has 0 amide bonds. The molecule has 0 radical (unpaired) electrons.